The van der Waals surface area contributed by atoms with Gasteiger partial charge in [0, 0.05) is 74.6 Å². The van der Waals surface area contributed by atoms with E-state index in [1.807, 2.05) is 0 Å². The van der Waals surface area contributed by atoms with Crippen LogP contribution in [0.25, 0.3) is 112 Å². The molecule has 0 unspecified atom stereocenters. The average molecular weight is 1700 g/mol. The Morgan fingerprint density at radius 2 is 0.555 bits per heavy atom. The summed E-state index contributed by atoms with van der Waals surface area (Å²) in [4.78, 5) is 45.6. The second-order valence-electron chi connectivity index (χ2n) is 35.2. The molecule has 5 heterocycles. The van der Waals surface area contributed by atoms with E-state index in [1.165, 1.54) is 50.1 Å². The number of hydrogen-bond acceptors (Lipinski definition) is 14. The molecule has 0 saturated heterocycles. The first-order valence-electron chi connectivity index (χ1n) is 47.9. The molecule has 0 atom stereocenters. The first kappa shape index (κ1) is 83.7. The van der Waals surface area contributed by atoms with Gasteiger partial charge in [0.05, 0.1) is 96.7 Å². The van der Waals surface area contributed by atoms with Crippen LogP contribution in [-0.4, -0.2) is 92.7 Å². The van der Waals surface area contributed by atoms with Gasteiger partial charge in [0.2, 0.25) is 0 Å². The Labute approximate surface area is 751 Å². The summed E-state index contributed by atoms with van der Waals surface area (Å²) in [7, 11) is 0. The van der Waals surface area contributed by atoms with Crippen molar-refractivity contribution in [3.05, 3.63) is 253 Å². The van der Waals surface area contributed by atoms with Crippen LogP contribution in [0.4, 0.5) is 0 Å². The first-order valence-corrected chi connectivity index (χ1v) is 47.9. The number of rotatable bonds is 37. The molecule has 0 radical (unpaired) electrons. The van der Waals surface area contributed by atoms with Crippen molar-refractivity contribution < 1.29 is 37.9 Å². The minimum Gasteiger partial charge on any atom is -0.492 e. The number of aromatic nitrogens is 8. The van der Waals surface area contributed by atoms with Crippen molar-refractivity contribution in [2.24, 2.45) is 0 Å². The van der Waals surface area contributed by atoms with Gasteiger partial charge in [-0.15, -0.1) is 5.73 Å². The highest BCUT2D eigenvalue weighted by molar-refractivity contribution is 6.17. The maximum atomic E-state index is 7.84. The molecule has 12 bridgehead atoms. The monoisotopic (exact) mass is 1700 g/mol. The zero-order valence-electron chi connectivity index (χ0n) is 75.6. The summed E-state index contributed by atoms with van der Waals surface area (Å²) in [6, 6.07) is 57.4. The average Bonchev–Trinajstić information content (AvgIpc) is 1.23. The maximum Gasteiger partial charge on any atom is 0.168 e. The van der Waals surface area contributed by atoms with E-state index in [-0.39, 0.29) is 23.7 Å². The van der Waals surface area contributed by atoms with Crippen LogP contribution in [0.1, 0.15) is 279 Å². The standard InChI is InChI=1S/C112H116N8O8/c1-10-19-57-121-97-69(18-9)79(67-45-29-27-30-46-67)99(123-59-21-12-3)91-89(97)105-113-107(91)117-108-92-90(98(122-58-20-11-2)78(65-66-43-33-34-44-66)80(68-47-31-28-32-48-68)100(92)124-60-22-13-4)106(115-108)116-110-94-96(104(128-64-26-17-8)88-84-76-55-41-37-51-72(76)82(73-52-38-42-56-77(73)84)86(88)102(94)126-62-24-15-6)112(119-110)120-111-95-93(109(114-105)118-111)101(125-61-23-14-5)85-81-70-49-35-39-53-74(70)83(75-54-40-36-50-71(75)81)87(85)103(95)127-63-25-16-7/h27-33,35-42,45-56,81-84H,10-26,34,44,57-65H2,1-9H3,(H2,113,114,115,116,117,118,119,120). The summed E-state index contributed by atoms with van der Waals surface area (Å²) >= 11 is 0. The van der Waals surface area contributed by atoms with Crippen LogP contribution >= 0.6 is 0 Å². The lowest BCUT2D eigenvalue weighted by Crippen LogP contribution is -2.29. The molecule has 2 aliphatic heterocycles. The molecule has 128 heavy (non-hydrogen) atoms. The van der Waals surface area contributed by atoms with Gasteiger partial charge in [0.15, 0.2) is 23.3 Å². The van der Waals surface area contributed by atoms with E-state index in [2.05, 4.69) is 242 Å². The molecule has 0 amide bonds. The number of nitrogens with zero attached hydrogens (tertiary/aromatic N) is 6. The molecule has 10 aromatic carbocycles. The maximum absolute atomic E-state index is 7.84. The molecular weight excluding hydrogens is 1590 g/mol. The van der Waals surface area contributed by atoms with E-state index >= 15 is 0 Å². The van der Waals surface area contributed by atoms with Crippen molar-refractivity contribution in [1.82, 2.24) is 39.9 Å². The fourth-order valence-corrected chi connectivity index (χ4v) is 20.9. The van der Waals surface area contributed by atoms with Crippen LogP contribution in [0.5, 0.6) is 46.0 Å². The minimum atomic E-state index is -0.260. The molecule has 16 heteroatoms. The molecule has 9 aliphatic rings. The van der Waals surface area contributed by atoms with Gasteiger partial charge < -0.3 is 47.9 Å². The van der Waals surface area contributed by atoms with Gasteiger partial charge in [-0.2, -0.15) is 0 Å². The molecule has 3 aromatic heterocycles. The van der Waals surface area contributed by atoms with Crippen LogP contribution in [0.15, 0.2) is 175 Å². The second-order valence-corrected chi connectivity index (χ2v) is 35.2. The smallest absolute Gasteiger partial charge is 0.168 e. The Kier molecular flexibility index (Phi) is 24.0. The highest BCUT2D eigenvalue weighted by Gasteiger charge is 2.51. The van der Waals surface area contributed by atoms with Crippen LogP contribution in [0.2, 0.25) is 0 Å². The number of fused-ring (bicyclic) bond motifs is 20. The largest absolute Gasteiger partial charge is 0.492 e. The molecule has 7 aliphatic carbocycles. The molecule has 0 fully saturated rings. The number of benzene rings is 10. The normalized spacial score (nSPS) is 15.4. The molecule has 2 N–H and O–H groups in total. The Bertz CT molecular complexity index is 6600. The number of hydrogen-bond donors (Lipinski definition) is 2. The van der Waals surface area contributed by atoms with E-state index in [0.29, 0.717) is 201 Å². The third-order valence-electron chi connectivity index (χ3n) is 26.9. The molecule has 22 rings (SSSR count). The van der Waals surface area contributed by atoms with E-state index in [0.717, 1.165) is 171 Å². The van der Waals surface area contributed by atoms with Crippen molar-refractivity contribution in [2.75, 3.05) is 52.9 Å². The fourth-order valence-electron chi connectivity index (χ4n) is 20.9. The van der Waals surface area contributed by atoms with Crippen LogP contribution < -0.4 is 37.9 Å². The van der Waals surface area contributed by atoms with Crippen LogP contribution in [-0.2, 0) is 12.8 Å². The minimum absolute atomic E-state index is 0.259. The van der Waals surface area contributed by atoms with Crippen molar-refractivity contribution in [3.8, 4) is 114 Å². The van der Waals surface area contributed by atoms with Gasteiger partial charge in [-0.25, -0.2) is 29.9 Å². The van der Waals surface area contributed by atoms with Gasteiger partial charge in [-0.05, 0) is 138 Å². The van der Waals surface area contributed by atoms with Crippen molar-refractivity contribution in [3.63, 3.8) is 0 Å². The summed E-state index contributed by atoms with van der Waals surface area (Å²) in [5.41, 5.74) is 29.2. The number of ether oxygens (including phenoxy) is 8. The summed E-state index contributed by atoms with van der Waals surface area (Å²) < 4.78 is 61.9. The number of aromatic amines is 2. The lowest BCUT2D eigenvalue weighted by molar-refractivity contribution is 0.295. The van der Waals surface area contributed by atoms with Crippen molar-refractivity contribution in [2.45, 2.75) is 214 Å². The number of nitrogens with one attached hydrogen (secondary N) is 2. The highest BCUT2D eigenvalue weighted by atomic mass is 16.5. The third kappa shape index (κ3) is 14.3. The summed E-state index contributed by atoms with van der Waals surface area (Å²) in [6.07, 6.45) is 18.5. The van der Waals surface area contributed by atoms with E-state index in [9.17, 15) is 0 Å². The lowest BCUT2D eigenvalue weighted by atomic mass is 9.60. The van der Waals surface area contributed by atoms with Gasteiger partial charge in [0.25, 0.3) is 0 Å². The predicted molar refractivity (Wildman–Crippen MR) is 514 cm³/mol. The lowest BCUT2D eigenvalue weighted by Gasteiger charge is -2.44. The third-order valence-corrected chi connectivity index (χ3v) is 26.9. The Balaban J connectivity index is 1.06. The molecule has 652 valence electrons. The zero-order valence-corrected chi connectivity index (χ0v) is 75.6. The van der Waals surface area contributed by atoms with Gasteiger partial charge in [0.1, 0.15) is 68.6 Å². The number of allylic oxidation sites excluding steroid dienone is 1. The molecule has 0 saturated carbocycles. The molecule has 13 aromatic rings. The Morgan fingerprint density at radius 1 is 0.281 bits per heavy atom. The van der Waals surface area contributed by atoms with Gasteiger partial charge in [-0.3, -0.25) is 0 Å². The van der Waals surface area contributed by atoms with Gasteiger partial charge >= 0.3 is 0 Å². The fraction of sp³-hybridized carbons (Fsp3) is 0.366. The van der Waals surface area contributed by atoms with Crippen LogP contribution in [0.3, 0.4) is 0 Å². The zero-order chi connectivity index (χ0) is 87.0. The van der Waals surface area contributed by atoms with E-state index < -0.39 is 0 Å². The molecule has 0 spiro atoms. The van der Waals surface area contributed by atoms with E-state index in [4.69, 9.17) is 67.8 Å². The topological polar surface area (TPSA) is 183 Å². The quantitative estimate of drug-likeness (QED) is 0.0277. The summed E-state index contributed by atoms with van der Waals surface area (Å²) in [6.45, 7) is 23.3. The van der Waals surface area contributed by atoms with Crippen molar-refractivity contribution in [1.29, 1.82) is 0 Å². The summed E-state index contributed by atoms with van der Waals surface area (Å²) in [5.74, 6) is 5.85. The SMILES string of the molecule is CCCCOc1c(CC2=C=CCC2)c(-c2ccccc2)c(OCCCC)c2c1-c1nc-2nc2[nH]c(nc3nc(nc4[nH]c(n1)c1c(OCCCC)c5c(c(OCCCC)c41)C1c4ccccc4C5c4ccccc41)-c1c(OCCCC)c4c(c(OCCCC)c1-3)C1c3ccccc3C4c3ccccc31)c1c(OCCCC)c(CC)c(-c3ccccc3)c(OCCCC)c21. The van der Waals surface area contributed by atoms with Crippen molar-refractivity contribution >= 4 is 44.1 Å². The Hall–Kier alpha value is -12.5. The van der Waals surface area contributed by atoms with Crippen LogP contribution in [0, 0.1) is 0 Å². The Morgan fingerprint density at radius 3 is 0.891 bits per heavy atom. The van der Waals surface area contributed by atoms with Gasteiger partial charge in [-0.1, -0.05) is 271 Å². The summed E-state index contributed by atoms with van der Waals surface area (Å²) in [5, 5.41) is 2.78. The number of unbranched alkanes of at least 4 members (excludes halogenated alkanes) is 8. The number of H-pyrrole nitrogens is 2. The second kappa shape index (κ2) is 36.7. The van der Waals surface area contributed by atoms with E-state index in [1.54, 1.807) is 0 Å². The highest BCUT2D eigenvalue weighted by Crippen LogP contribution is 2.67. The first-order chi connectivity index (χ1) is 63.3. The molecular formula is C112H116N8O8. The molecule has 16 nitrogen and oxygen atoms in total. The predicted octanol–water partition coefficient (Wildman–Crippen LogP) is 27.6.